The molecular weight excluding hydrogens is 272 g/mol. The first kappa shape index (κ1) is 14.9. The van der Waals surface area contributed by atoms with E-state index < -0.39 is 12.1 Å². The largest absolute Gasteiger partial charge is 0.374 e. The summed E-state index contributed by atoms with van der Waals surface area (Å²) >= 11 is 0. The maximum atomic E-state index is 5.91. The summed E-state index contributed by atoms with van der Waals surface area (Å²) in [7, 11) is 1.61. The van der Waals surface area contributed by atoms with Gasteiger partial charge in [-0.15, -0.1) is 0 Å². The molecule has 0 aliphatic carbocycles. The van der Waals surface area contributed by atoms with Gasteiger partial charge in [0.05, 0.1) is 13.2 Å². The number of fused-ring (bicyclic) bond motifs is 1. The van der Waals surface area contributed by atoms with Crippen molar-refractivity contribution in [2.24, 2.45) is 0 Å². The van der Waals surface area contributed by atoms with Gasteiger partial charge >= 0.3 is 0 Å². The number of ether oxygens (including phenoxy) is 5. The molecule has 1 aromatic rings. The van der Waals surface area contributed by atoms with E-state index in [1.54, 1.807) is 7.11 Å². The molecule has 3 rings (SSSR count). The minimum absolute atomic E-state index is 0.152. The Labute approximate surface area is 125 Å². The van der Waals surface area contributed by atoms with Crippen molar-refractivity contribution in [3.63, 3.8) is 0 Å². The highest BCUT2D eigenvalue weighted by atomic mass is 16.8. The highest BCUT2D eigenvalue weighted by Gasteiger charge is 2.55. The lowest BCUT2D eigenvalue weighted by atomic mass is 10.1. The van der Waals surface area contributed by atoms with Crippen LogP contribution in [0.5, 0.6) is 0 Å². The quantitative estimate of drug-likeness (QED) is 0.832. The second-order valence-corrected chi connectivity index (χ2v) is 5.84. The predicted molar refractivity (Wildman–Crippen MR) is 75.6 cm³/mol. The van der Waals surface area contributed by atoms with Gasteiger partial charge in [0, 0.05) is 7.11 Å². The van der Waals surface area contributed by atoms with Crippen molar-refractivity contribution in [1.82, 2.24) is 0 Å². The Morgan fingerprint density at radius 2 is 1.81 bits per heavy atom. The Morgan fingerprint density at radius 3 is 2.52 bits per heavy atom. The lowest BCUT2D eigenvalue weighted by Gasteiger charge is -2.23. The molecule has 0 radical (unpaired) electrons. The highest BCUT2D eigenvalue weighted by molar-refractivity contribution is 5.13. The topological polar surface area (TPSA) is 46.2 Å². The van der Waals surface area contributed by atoms with Gasteiger partial charge in [0.25, 0.3) is 0 Å². The molecule has 0 saturated carbocycles. The average Bonchev–Trinajstić information content (AvgIpc) is 2.94. The van der Waals surface area contributed by atoms with Crippen LogP contribution in [0, 0.1) is 0 Å². The summed E-state index contributed by atoms with van der Waals surface area (Å²) in [5, 5.41) is 0. The smallest absolute Gasteiger partial charge is 0.186 e. The van der Waals surface area contributed by atoms with Crippen LogP contribution in [-0.2, 0) is 30.3 Å². The molecule has 2 heterocycles. The van der Waals surface area contributed by atoms with Crippen LogP contribution in [0.15, 0.2) is 30.3 Å². The molecule has 0 amide bonds. The van der Waals surface area contributed by atoms with Crippen molar-refractivity contribution in [2.75, 3.05) is 13.7 Å². The van der Waals surface area contributed by atoms with E-state index in [4.69, 9.17) is 23.7 Å². The fourth-order valence-electron chi connectivity index (χ4n) is 2.83. The molecule has 5 nitrogen and oxygen atoms in total. The first-order valence-electron chi connectivity index (χ1n) is 7.24. The molecule has 2 aliphatic rings. The molecule has 2 saturated heterocycles. The summed E-state index contributed by atoms with van der Waals surface area (Å²) in [6.45, 7) is 4.81. The Morgan fingerprint density at radius 1 is 1.10 bits per heavy atom. The van der Waals surface area contributed by atoms with Crippen molar-refractivity contribution >= 4 is 0 Å². The molecule has 0 aromatic heterocycles. The number of methoxy groups -OCH3 is 1. The summed E-state index contributed by atoms with van der Waals surface area (Å²) in [4.78, 5) is 0. The number of benzene rings is 1. The molecule has 2 fully saturated rings. The lowest BCUT2D eigenvalue weighted by Crippen LogP contribution is -2.32. The Balaban J connectivity index is 1.56. The summed E-state index contributed by atoms with van der Waals surface area (Å²) in [5.74, 6) is -0.604. The first-order chi connectivity index (χ1) is 10.1. The van der Waals surface area contributed by atoms with E-state index in [2.05, 4.69) is 0 Å². The van der Waals surface area contributed by atoms with E-state index in [0.717, 1.165) is 5.56 Å². The molecule has 21 heavy (non-hydrogen) atoms. The zero-order valence-corrected chi connectivity index (χ0v) is 12.7. The minimum Gasteiger partial charge on any atom is -0.374 e. The Kier molecular flexibility index (Phi) is 4.28. The summed E-state index contributed by atoms with van der Waals surface area (Å²) < 4.78 is 28.7. The van der Waals surface area contributed by atoms with E-state index in [0.29, 0.717) is 13.2 Å². The first-order valence-corrected chi connectivity index (χ1v) is 7.24. The zero-order valence-electron chi connectivity index (χ0n) is 12.7. The van der Waals surface area contributed by atoms with Crippen molar-refractivity contribution in [3.8, 4) is 0 Å². The van der Waals surface area contributed by atoms with Gasteiger partial charge in [-0.2, -0.15) is 0 Å². The van der Waals surface area contributed by atoms with Crippen LogP contribution >= 0.6 is 0 Å². The van der Waals surface area contributed by atoms with Crippen LogP contribution in [0.3, 0.4) is 0 Å². The third-order valence-corrected chi connectivity index (χ3v) is 3.73. The summed E-state index contributed by atoms with van der Waals surface area (Å²) in [6, 6.07) is 10.1. The van der Waals surface area contributed by atoms with Gasteiger partial charge in [-0.25, -0.2) is 0 Å². The average molecular weight is 294 g/mol. The van der Waals surface area contributed by atoms with Crippen LogP contribution in [0.2, 0.25) is 0 Å². The number of hydrogen-bond acceptors (Lipinski definition) is 5. The van der Waals surface area contributed by atoms with E-state index in [-0.39, 0.29) is 18.3 Å². The fraction of sp³-hybridized carbons (Fsp3) is 0.625. The van der Waals surface area contributed by atoms with Crippen LogP contribution < -0.4 is 0 Å². The van der Waals surface area contributed by atoms with Crippen molar-refractivity contribution in [1.29, 1.82) is 0 Å². The molecular formula is C16H22O5. The predicted octanol–water partition coefficient (Wildman–Crippen LogP) is 2.09. The molecule has 0 unspecified atom stereocenters. The van der Waals surface area contributed by atoms with E-state index in [9.17, 15) is 0 Å². The van der Waals surface area contributed by atoms with Crippen LogP contribution in [0.1, 0.15) is 19.4 Å². The lowest BCUT2D eigenvalue weighted by molar-refractivity contribution is -0.232. The number of rotatable bonds is 5. The second kappa shape index (κ2) is 6.02. The normalized spacial score (nSPS) is 34.0. The van der Waals surface area contributed by atoms with E-state index in [1.807, 2.05) is 44.2 Å². The molecule has 0 spiro atoms. The van der Waals surface area contributed by atoms with Crippen molar-refractivity contribution in [3.05, 3.63) is 35.9 Å². The molecule has 5 heteroatoms. The Bertz CT molecular complexity index is 461. The van der Waals surface area contributed by atoms with Gasteiger partial charge in [0.15, 0.2) is 12.1 Å². The van der Waals surface area contributed by atoms with E-state index >= 15 is 0 Å². The van der Waals surface area contributed by atoms with E-state index in [1.165, 1.54) is 0 Å². The summed E-state index contributed by atoms with van der Waals surface area (Å²) in [6.07, 6.45) is -0.927. The summed E-state index contributed by atoms with van der Waals surface area (Å²) in [5.41, 5.74) is 1.14. The maximum absolute atomic E-state index is 5.91. The fourth-order valence-corrected chi connectivity index (χ4v) is 2.83. The van der Waals surface area contributed by atoms with Gasteiger partial charge in [-0.05, 0) is 19.4 Å². The van der Waals surface area contributed by atoms with Crippen LogP contribution in [0.4, 0.5) is 0 Å². The van der Waals surface area contributed by atoms with Gasteiger partial charge in [-0.1, -0.05) is 30.3 Å². The van der Waals surface area contributed by atoms with Crippen LogP contribution in [0.25, 0.3) is 0 Å². The third kappa shape index (κ3) is 3.27. The highest BCUT2D eigenvalue weighted by Crippen LogP contribution is 2.38. The SMILES string of the molecule is CO[C@H]1O[C@@H](COCc2ccccc2)[C@@H]2OC(C)(C)O[C@H]12. The molecule has 0 N–H and O–H groups in total. The maximum Gasteiger partial charge on any atom is 0.186 e. The molecule has 4 atom stereocenters. The zero-order chi connectivity index (χ0) is 14.9. The minimum atomic E-state index is -0.604. The van der Waals surface area contributed by atoms with Gasteiger partial charge < -0.3 is 23.7 Å². The third-order valence-electron chi connectivity index (χ3n) is 3.73. The molecule has 2 aliphatic heterocycles. The molecule has 0 bridgehead atoms. The molecule has 1 aromatic carbocycles. The number of hydrogen-bond donors (Lipinski definition) is 0. The molecule has 116 valence electrons. The second-order valence-electron chi connectivity index (χ2n) is 5.84. The van der Waals surface area contributed by atoms with Gasteiger partial charge in [0.2, 0.25) is 0 Å². The monoisotopic (exact) mass is 294 g/mol. The Hall–Kier alpha value is -0.980. The van der Waals surface area contributed by atoms with Crippen molar-refractivity contribution in [2.45, 2.75) is 50.8 Å². The van der Waals surface area contributed by atoms with Crippen LogP contribution in [-0.4, -0.2) is 44.1 Å². The van der Waals surface area contributed by atoms with Gasteiger partial charge in [0.1, 0.15) is 18.3 Å². The standard InChI is InChI=1S/C16H22O5/c1-16(2)20-13-12(19-15(17-3)14(13)21-16)10-18-9-11-7-5-4-6-8-11/h4-8,12-15H,9-10H2,1-3H3/t12-,13-,14-,15-/m0/s1. The van der Waals surface area contributed by atoms with Crippen molar-refractivity contribution < 1.29 is 23.7 Å². The van der Waals surface area contributed by atoms with Gasteiger partial charge in [-0.3, -0.25) is 0 Å².